The third-order valence-electron chi connectivity index (χ3n) is 6.85. The highest BCUT2D eigenvalue weighted by Crippen LogP contribution is 2.55. The molecule has 1 amide bonds. The second-order valence-corrected chi connectivity index (χ2v) is 8.57. The molecule has 3 saturated heterocycles. The monoisotopic (exact) mass is 341 g/mol. The van der Waals surface area contributed by atoms with Crippen LogP contribution in [0.3, 0.4) is 0 Å². The quantitative estimate of drug-likeness (QED) is 0.890. The molecule has 5 nitrogen and oxygen atoms in total. The van der Waals surface area contributed by atoms with E-state index in [4.69, 9.17) is 4.74 Å². The number of carbonyl (C=O) groups is 1. The van der Waals surface area contributed by atoms with Crippen molar-refractivity contribution in [2.75, 3.05) is 26.2 Å². The summed E-state index contributed by atoms with van der Waals surface area (Å²) in [6.07, 6.45) is 8.89. The SMILES string of the molecule is Cc1ccncc1C(=O)NC[C@H]1[C@H]2CN(CC3CC3)C[C@]23CC[C@H]1O3. The van der Waals surface area contributed by atoms with Gasteiger partial charge in [0.25, 0.3) is 5.91 Å². The lowest BCUT2D eigenvalue weighted by atomic mass is 9.73. The van der Waals surface area contributed by atoms with E-state index in [0.717, 1.165) is 37.5 Å². The van der Waals surface area contributed by atoms with Crippen LogP contribution >= 0.6 is 0 Å². The van der Waals surface area contributed by atoms with Crippen molar-refractivity contribution >= 4 is 5.91 Å². The fraction of sp³-hybridized carbons (Fsp3) is 0.700. The van der Waals surface area contributed by atoms with Gasteiger partial charge in [0.1, 0.15) is 0 Å². The Hall–Kier alpha value is -1.46. The highest BCUT2D eigenvalue weighted by molar-refractivity contribution is 5.95. The van der Waals surface area contributed by atoms with Gasteiger partial charge < -0.3 is 10.1 Å². The molecule has 1 aromatic heterocycles. The molecule has 1 spiro atoms. The molecule has 5 heteroatoms. The Morgan fingerprint density at radius 2 is 2.32 bits per heavy atom. The minimum atomic E-state index is -0.00439. The first-order valence-corrected chi connectivity index (χ1v) is 9.74. The van der Waals surface area contributed by atoms with Crippen LogP contribution in [0.5, 0.6) is 0 Å². The topological polar surface area (TPSA) is 54.5 Å². The van der Waals surface area contributed by atoms with Crippen molar-refractivity contribution < 1.29 is 9.53 Å². The maximum atomic E-state index is 12.5. The van der Waals surface area contributed by atoms with Gasteiger partial charge in [-0.2, -0.15) is 0 Å². The molecule has 4 aliphatic rings. The molecule has 25 heavy (non-hydrogen) atoms. The van der Waals surface area contributed by atoms with Crippen LogP contribution in [0.4, 0.5) is 0 Å². The molecule has 1 N–H and O–H groups in total. The van der Waals surface area contributed by atoms with E-state index in [0.29, 0.717) is 23.5 Å². The molecule has 4 heterocycles. The zero-order valence-electron chi connectivity index (χ0n) is 14.9. The number of ether oxygens (including phenoxy) is 1. The van der Waals surface area contributed by atoms with Gasteiger partial charge in [0, 0.05) is 50.4 Å². The zero-order chi connectivity index (χ0) is 17.0. The van der Waals surface area contributed by atoms with Crippen molar-refractivity contribution in [1.29, 1.82) is 0 Å². The van der Waals surface area contributed by atoms with E-state index in [1.807, 2.05) is 13.0 Å². The van der Waals surface area contributed by atoms with Crippen LogP contribution in [0.25, 0.3) is 0 Å². The predicted octanol–water partition coefficient (Wildman–Crippen LogP) is 2.01. The number of pyridine rings is 1. The van der Waals surface area contributed by atoms with E-state index >= 15 is 0 Å². The Morgan fingerprint density at radius 1 is 1.44 bits per heavy atom. The minimum absolute atomic E-state index is 0.00439. The van der Waals surface area contributed by atoms with E-state index < -0.39 is 0 Å². The molecule has 134 valence electrons. The van der Waals surface area contributed by atoms with E-state index in [1.54, 1.807) is 12.4 Å². The first-order chi connectivity index (χ1) is 12.1. The molecule has 5 rings (SSSR count). The first-order valence-electron chi connectivity index (χ1n) is 9.74. The van der Waals surface area contributed by atoms with Gasteiger partial charge in [0.05, 0.1) is 17.3 Å². The van der Waals surface area contributed by atoms with E-state index in [-0.39, 0.29) is 11.5 Å². The summed E-state index contributed by atoms with van der Waals surface area (Å²) >= 11 is 0. The fourth-order valence-electron chi connectivity index (χ4n) is 5.37. The van der Waals surface area contributed by atoms with Crippen LogP contribution < -0.4 is 5.32 Å². The van der Waals surface area contributed by atoms with Crippen molar-refractivity contribution in [3.8, 4) is 0 Å². The second kappa shape index (κ2) is 5.78. The van der Waals surface area contributed by atoms with E-state index in [9.17, 15) is 4.79 Å². The molecule has 0 aromatic carbocycles. The molecule has 0 unspecified atom stereocenters. The molecule has 4 fully saturated rings. The maximum absolute atomic E-state index is 12.5. The Balaban J connectivity index is 1.25. The van der Waals surface area contributed by atoms with Gasteiger partial charge in [-0.3, -0.25) is 14.7 Å². The fourth-order valence-corrected chi connectivity index (χ4v) is 5.37. The largest absolute Gasteiger partial charge is 0.370 e. The standard InChI is InChI=1S/C20H27N3O2/c1-13-5-7-21-8-15(13)19(24)22-9-16-17-11-23(10-14-2-3-14)12-20(17)6-4-18(16)25-20/h5,7-8,14,16-18H,2-4,6,9-12H2,1H3,(H,22,24)/t16-,17+,18+,20+/m0/s1. The lowest BCUT2D eigenvalue weighted by molar-refractivity contribution is 0.00244. The summed E-state index contributed by atoms with van der Waals surface area (Å²) < 4.78 is 6.49. The summed E-state index contributed by atoms with van der Waals surface area (Å²) in [6.45, 7) is 6.19. The summed E-state index contributed by atoms with van der Waals surface area (Å²) in [4.78, 5) is 19.3. The normalized spacial score (nSPS) is 36.6. The highest BCUT2D eigenvalue weighted by atomic mass is 16.5. The van der Waals surface area contributed by atoms with Crippen LogP contribution in [0.1, 0.15) is 41.6 Å². The van der Waals surface area contributed by atoms with Crippen LogP contribution in [0, 0.1) is 24.7 Å². The molecule has 2 bridgehead atoms. The summed E-state index contributed by atoms with van der Waals surface area (Å²) in [6, 6.07) is 1.89. The summed E-state index contributed by atoms with van der Waals surface area (Å²) in [5.41, 5.74) is 1.74. The number of likely N-dealkylation sites (tertiary alicyclic amines) is 1. The number of fused-ring (bicyclic) bond motifs is 1. The average molecular weight is 341 g/mol. The molecule has 4 atom stereocenters. The Kier molecular flexibility index (Phi) is 3.64. The molecule has 1 aliphatic carbocycles. The molecular weight excluding hydrogens is 314 g/mol. The number of hydrogen-bond acceptors (Lipinski definition) is 4. The molecule has 0 radical (unpaired) electrons. The van der Waals surface area contributed by atoms with Crippen LogP contribution in [-0.2, 0) is 4.74 Å². The Bertz CT molecular complexity index is 689. The van der Waals surface area contributed by atoms with Gasteiger partial charge >= 0.3 is 0 Å². The van der Waals surface area contributed by atoms with Crippen LogP contribution in [-0.4, -0.2) is 53.7 Å². The van der Waals surface area contributed by atoms with Gasteiger partial charge in [0.2, 0.25) is 0 Å². The third kappa shape index (κ3) is 2.68. The maximum Gasteiger partial charge on any atom is 0.253 e. The molecule has 3 aliphatic heterocycles. The van der Waals surface area contributed by atoms with Gasteiger partial charge in [-0.15, -0.1) is 0 Å². The number of aromatic nitrogens is 1. The van der Waals surface area contributed by atoms with Crippen molar-refractivity contribution in [3.05, 3.63) is 29.6 Å². The predicted molar refractivity (Wildman–Crippen MR) is 94.3 cm³/mol. The number of rotatable bonds is 5. The van der Waals surface area contributed by atoms with Gasteiger partial charge in [-0.1, -0.05) is 0 Å². The van der Waals surface area contributed by atoms with Crippen molar-refractivity contribution in [1.82, 2.24) is 15.2 Å². The van der Waals surface area contributed by atoms with Gasteiger partial charge in [-0.05, 0) is 50.2 Å². The number of amides is 1. The number of nitrogens with zero attached hydrogens (tertiary/aromatic N) is 2. The lowest BCUT2D eigenvalue weighted by Gasteiger charge is -2.29. The third-order valence-corrected chi connectivity index (χ3v) is 6.85. The van der Waals surface area contributed by atoms with Crippen LogP contribution in [0.15, 0.2) is 18.5 Å². The number of nitrogens with one attached hydrogen (secondary N) is 1. The van der Waals surface area contributed by atoms with Crippen LogP contribution in [0.2, 0.25) is 0 Å². The van der Waals surface area contributed by atoms with Gasteiger partial charge in [0.15, 0.2) is 0 Å². The summed E-state index contributed by atoms with van der Waals surface area (Å²) in [5, 5.41) is 3.17. The highest BCUT2D eigenvalue weighted by Gasteiger charge is 2.62. The molecule has 1 aromatic rings. The Labute approximate surface area is 149 Å². The second-order valence-electron chi connectivity index (χ2n) is 8.57. The average Bonchev–Trinajstić information content (AvgIpc) is 3.10. The summed E-state index contributed by atoms with van der Waals surface area (Å²) in [7, 11) is 0. The van der Waals surface area contributed by atoms with Crippen molar-refractivity contribution in [2.45, 2.75) is 44.3 Å². The van der Waals surface area contributed by atoms with Crippen molar-refractivity contribution in [3.63, 3.8) is 0 Å². The zero-order valence-corrected chi connectivity index (χ0v) is 14.9. The molecular formula is C20H27N3O2. The van der Waals surface area contributed by atoms with Gasteiger partial charge in [-0.25, -0.2) is 0 Å². The number of aryl methyl sites for hydroxylation is 1. The number of carbonyl (C=O) groups excluding carboxylic acids is 1. The minimum Gasteiger partial charge on any atom is -0.370 e. The Morgan fingerprint density at radius 3 is 3.12 bits per heavy atom. The van der Waals surface area contributed by atoms with E-state index in [1.165, 1.54) is 25.8 Å². The summed E-state index contributed by atoms with van der Waals surface area (Å²) in [5.74, 6) is 1.97. The smallest absolute Gasteiger partial charge is 0.253 e. The number of hydrogen-bond donors (Lipinski definition) is 1. The van der Waals surface area contributed by atoms with E-state index in [2.05, 4.69) is 15.2 Å². The first kappa shape index (κ1) is 15.8. The van der Waals surface area contributed by atoms with Crippen molar-refractivity contribution in [2.24, 2.45) is 17.8 Å². The molecule has 1 saturated carbocycles. The lowest BCUT2D eigenvalue weighted by Crippen LogP contribution is -2.42.